The lowest BCUT2D eigenvalue weighted by Gasteiger charge is -2.29. The fourth-order valence-corrected chi connectivity index (χ4v) is 2.59. The van der Waals surface area contributed by atoms with Crippen LogP contribution in [0.4, 0.5) is 5.69 Å². The van der Waals surface area contributed by atoms with E-state index in [1.165, 1.54) is 26.0 Å². The molecule has 1 aromatic carbocycles. The van der Waals surface area contributed by atoms with Gasteiger partial charge in [0.05, 0.1) is 18.7 Å². The number of rotatable bonds is 6. The Morgan fingerprint density at radius 3 is 2.39 bits per heavy atom. The summed E-state index contributed by atoms with van der Waals surface area (Å²) in [6.45, 7) is 1.43. The van der Waals surface area contributed by atoms with Crippen molar-refractivity contribution in [3.8, 4) is 0 Å². The van der Waals surface area contributed by atoms with E-state index in [9.17, 15) is 14.4 Å². The number of hydrogen-bond donors (Lipinski definition) is 0. The number of amides is 3. The van der Waals surface area contributed by atoms with E-state index < -0.39 is 18.2 Å². The van der Waals surface area contributed by atoms with E-state index in [-0.39, 0.29) is 24.8 Å². The standard InChI is InChI=1S/C16H20N2O5/c1-11(19)17(10-15(22-2)23-3)13-9-14(20)18(16(13)21)12-7-5-4-6-8-12/h4-8,13,15H,9-10H2,1-3H3. The molecule has 0 N–H and O–H groups in total. The molecule has 23 heavy (non-hydrogen) atoms. The van der Waals surface area contributed by atoms with Gasteiger partial charge in [-0.1, -0.05) is 18.2 Å². The summed E-state index contributed by atoms with van der Waals surface area (Å²) in [7, 11) is 2.90. The molecule has 1 unspecified atom stereocenters. The van der Waals surface area contributed by atoms with Crippen LogP contribution in [-0.2, 0) is 23.9 Å². The minimum absolute atomic E-state index is 0.0482. The number of hydrogen-bond acceptors (Lipinski definition) is 5. The van der Waals surface area contributed by atoms with Crippen molar-refractivity contribution >= 4 is 23.4 Å². The Balaban J connectivity index is 2.23. The number of nitrogens with zero attached hydrogens (tertiary/aromatic N) is 2. The molecule has 1 saturated heterocycles. The van der Waals surface area contributed by atoms with Crippen LogP contribution in [0.1, 0.15) is 13.3 Å². The summed E-state index contributed by atoms with van der Waals surface area (Å²) >= 11 is 0. The van der Waals surface area contributed by atoms with Gasteiger partial charge in [-0.3, -0.25) is 14.4 Å². The molecule has 124 valence electrons. The third-order valence-corrected chi connectivity index (χ3v) is 3.79. The highest BCUT2D eigenvalue weighted by atomic mass is 16.7. The third kappa shape index (κ3) is 3.57. The first kappa shape index (κ1) is 17.1. The van der Waals surface area contributed by atoms with Crippen LogP contribution in [0.3, 0.4) is 0 Å². The minimum atomic E-state index is -0.840. The van der Waals surface area contributed by atoms with Crippen LogP contribution in [0.5, 0.6) is 0 Å². The monoisotopic (exact) mass is 320 g/mol. The summed E-state index contributed by atoms with van der Waals surface area (Å²) in [6.07, 6.45) is -0.708. The lowest BCUT2D eigenvalue weighted by Crippen LogP contribution is -2.48. The highest BCUT2D eigenvalue weighted by Gasteiger charge is 2.44. The normalized spacial score (nSPS) is 17.9. The van der Waals surface area contributed by atoms with E-state index in [2.05, 4.69) is 0 Å². The summed E-state index contributed by atoms with van der Waals surface area (Å²) in [5.41, 5.74) is 0.503. The Kier molecular flexibility index (Phi) is 5.46. The zero-order valence-corrected chi connectivity index (χ0v) is 13.4. The number of carbonyl (C=O) groups is 3. The lowest BCUT2D eigenvalue weighted by atomic mass is 10.2. The van der Waals surface area contributed by atoms with Crippen LogP contribution < -0.4 is 4.90 Å². The Bertz CT molecular complexity index is 585. The zero-order chi connectivity index (χ0) is 17.0. The Labute approximate surface area is 134 Å². The summed E-state index contributed by atoms with van der Waals surface area (Å²) in [4.78, 5) is 39.3. The van der Waals surface area contributed by atoms with E-state index in [4.69, 9.17) is 9.47 Å². The molecule has 1 fully saturated rings. The second-order valence-corrected chi connectivity index (χ2v) is 5.20. The maximum atomic E-state index is 12.6. The van der Waals surface area contributed by atoms with Crippen molar-refractivity contribution < 1.29 is 23.9 Å². The minimum Gasteiger partial charge on any atom is -0.354 e. The number of benzene rings is 1. The van der Waals surface area contributed by atoms with E-state index in [0.717, 1.165) is 4.90 Å². The molecule has 0 bridgehead atoms. The quantitative estimate of drug-likeness (QED) is 0.572. The SMILES string of the molecule is COC(CN(C(C)=O)C1CC(=O)N(c2ccccc2)C1=O)OC. The van der Waals surface area contributed by atoms with Gasteiger partial charge in [-0.15, -0.1) is 0 Å². The van der Waals surface area contributed by atoms with Crippen LogP contribution in [0, 0.1) is 0 Å². The lowest BCUT2D eigenvalue weighted by molar-refractivity contribution is -0.150. The molecule has 1 atom stereocenters. The third-order valence-electron chi connectivity index (χ3n) is 3.79. The second kappa shape index (κ2) is 7.34. The van der Waals surface area contributed by atoms with E-state index in [1.54, 1.807) is 30.3 Å². The van der Waals surface area contributed by atoms with E-state index in [0.29, 0.717) is 5.69 Å². The number of imide groups is 1. The van der Waals surface area contributed by atoms with Crippen LogP contribution in [0.25, 0.3) is 0 Å². The summed E-state index contributed by atoms with van der Waals surface area (Å²) in [5, 5.41) is 0. The molecule has 2 rings (SSSR count). The van der Waals surface area contributed by atoms with Gasteiger partial charge in [0.2, 0.25) is 11.8 Å². The molecular weight excluding hydrogens is 300 g/mol. The Morgan fingerprint density at radius 2 is 1.87 bits per heavy atom. The molecular formula is C16H20N2O5. The molecule has 1 aliphatic heterocycles. The van der Waals surface area contributed by atoms with Gasteiger partial charge in [-0.2, -0.15) is 0 Å². The van der Waals surface area contributed by atoms with Crippen molar-refractivity contribution in [3.63, 3.8) is 0 Å². The van der Waals surface area contributed by atoms with Gasteiger partial charge in [-0.05, 0) is 12.1 Å². The topological polar surface area (TPSA) is 76.2 Å². The van der Waals surface area contributed by atoms with Crippen LogP contribution in [0.2, 0.25) is 0 Å². The highest BCUT2D eigenvalue weighted by Crippen LogP contribution is 2.25. The molecule has 0 aliphatic carbocycles. The maximum absolute atomic E-state index is 12.6. The molecule has 1 aliphatic rings. The van der Waals surface area contributed by atoms with Gasteiger partial charge in [0, 0.05) is 21.1 Å². The smallest absolute Gasteiger partial charge is 0.257 e. The van der Waals surface area contributed by atoms with Crippen LogP contribution >= 0.6 is 0 Å². The summed E-state index contributed by atoms with van der Waals surface area (Å²) in [6, 6.07) is 7.83. The summed E-state index contributed by atoms with van der Waals surface area (Å²) < 4.78 is 10.2. The van der Waals surface area contributed by atoms with Crippen LogP contribution in [0.15, 0.2) is 30.3 Å². The molecule has 7 nitrogen and oxygen atoms in total. The number of anilines is 1. The molecule has 0 saturated carbocycles. The van der Waals surface area contributed by atoms with Crippen LogP contribution in [-0.4, -0.2) is 55.7 Å². The van der Waals surface area contributed by atoms with Gasteiger partial charge in [-0.25, -0.2) is 4.90 Å². The fraction of sp³-hybridized carbons (Fsp3) is 0.438. The number of carbonyl (C=O) groups excluding carboxylic acids is 3. The molecule has 1 aromatic rings. The molecule has 0 spiro atoms. The van der Waals surface area contributed by atoms with Gasteiger partial charge in [0.25, 0.3) is 5.91 Å². The van der Waals surface area contributed by atoms with Crippen molar-refractivity contribution in [2.75, 3.05) is 25.7 Å². The molecule has 1 heterocycles. The first-order chi connectivity index (χ1) is 11.0. The molecule has 0 aromatic heterocycles. The Hall–Kier alpha value is -2.25. The average Bonchev–Trinajstić information content (AvgIpc) is 2.83. The number of para-hydroxylation sites is 1. The van der Waals surface area contributed by atoms with Crippen molar-refractivity contribution in [1.82, 2.24) is 4.90 Å². The molecule has 0 radical (unpaired) electrons. The predicted octanol–water partition coefficient (Wildman–Crippen LogP) is 0.786. The zero-order valence-electron chi connectivity index (χ0n) is 13.4. The largest absolute Gasteiger partial charge is 0.354 e. The van der Waals surface area contributed by atoms with E-state index in [1.807, 2.05) is 0 Å². The average molecular weight is 320 g/mol. The molecule has 7 heteroatoms. The van der Waals surface area contributed by atoms with Crippen molar-refractivity contribution in [2.45, 2.75) is 25.7 Å². The van der Waals surface area contributed by atoms with E-state index >= 15 is 0 Å². The van der Waals surface area contributed by atoms with Crippen molar-refractivity contribution in [2.24, 2.45) is 0 Å². The predicted molar refractivity (Wildman–Crippen MR) is 82.5 cm³/mol. The van der Waals surface area contributed by atoms with Gasteiger partial charge in [0.15, 0.2) is 6.29 Å². The van der Waals surface area contributed by atoms with Gasteiger partial charge >= 0.3 is 0 Å². The van der Waals surface area contributed by atoms with Gasteiger partial charge in [0.1, 0.15) is 6.04 Å². The van der Waals surface area contributed by atoms with Gasteiger partial charge < -0.3 is 14.4 Å². The summed E-state index contributed by atoms with van der Waals surface area (Å²) in [5.74, 6) is -1.06. The highest BCUT2D eigenvalue weighted by molar-refractivity contribution is 6.22. The maximum Gasteiger partial charge on any atom is 0.257 e. The first-order valence-corrected chi connectivity index (χ1v) is 7.24. The second-order valence-electron chi connectivity index (χ2n) is 5.20. The first-order valence-electron chi connectivity index (χ1n) is 7.24. The number of methoxy groups -OCH3 is 2. The van der Waals surface area contributed by atoms with Crippen molar-refractivity contribution in [3.05, 3.63) is 30.3 Å². The Morgan fingerprint density at radius 1 is 1.26 bits per heavy atom. The number of ether oxygens (including phenoxy) is 2. The fourth-order valence-electron chi connectivity index (χ4n) is 2.59. The molecule has 3 amide bonds. The van der Waals surface area contributed by atoms with Crippen molar-refractivity contribution in [1.29, 1.82) is 0 Å².